The van der Waals surface area contributed by atoms with Gasteiger partial charge in [-0.2, -0.15) is 0 Å². The van der Waals surface area contributed by atoms with E-state index in [1.54, 1.807) is 31.2 Å². The summed E-state index contributed by atoms with van der Waals surface area (Å²) in [6.45, 7) is 1.96. The van der Waals surface area contributed by atoms with Crippen LogP contribution in [-0.2, 0) is 20.9 Å². The van der Waals surface area contributed by atoms with Crippen molar-refractivity contribution in [3.05, 3.63) is 65.7 Å². The van der Waals surface area contributed by atoms with Crippen LogP contribution >= 0.6 is 0 Å². The highest BCUT2D eigenvalue weighted by Gasteiger charge is 2.52. The molecule has 2 N–H and O–H groups in total. The summed E-state index contributed by atoms with van der Waals surface area (Å²) < 4.78 is 5.17. The van der Waals surface area contributed by atoms with Crippen molar-refractivity contribution >= 4 is 23.8 Å². The van der Waals surface area contributed by atoms with Gasteiger partial charge < -0.3 is 25.0 Å². The van der Waals surface area contributed by atoms with Crippen LogP contribution in [0.4, 0.5) is 4.79 Å². The fourth-order valence-electron chi connectivity index (χ4n) is 4.89. The van der Waals surface area contributed by atoms with Gasteiger partial charge in [0.25, 0.3) is 0 Å². The van der Waals surface area contributed by atoms with E-state index in [0.29, 0.717) is 5.75 Å². The second-order valence-corrected chi connectivity index (χ2v) is 9.14. The molecule has 0 unspecified atom stereocenters. The summed E-state index contributed by atoms with van der Waals surface area (Å²) in [5.41, 5.74) is 1.72. The monoisotopic (exact) mass is 509 g/mol. The molecule has 2 aromatic rings. The predicted molar refractivity (Wildman–Crippen MR) is 133 cm³/mol. The maximum atomic E-state index is 13.5. The van der Waals surface area contributed by atoms with E-state index in [1.807, 2.05) is 49.4 Å². The molecule has 11 nitrogen and oxygen atoms in total. The first-order valence-corrected chi connectivity index (χ1v) is 12.0. The number of carbonyl (C=O) groups is 4. The van der Waals surface area contributed by atoms with Gasteiger partial charge in [0.1, 0.15) is 18.0 Å². The number of likely N-dealkylation sites (N-methyl/N-ethyl adjacent to an activating group) is 1. The summed E-state index contributed by atoms with van der Waals surface area (Å²) in [7, 11) is 3.19. The zero-order chi connectivity index (χ0) is 26.7. The molecule has 11 heteroatoms. The van der Waals surface area contributed by atoms with E-state index in [2.05, 4.69) is 5.32 Å². The highest BCUT2D eigenvalue weighted by molar-refractivity contribution is 5.93. The number of hydrogen-bond donors (Lipinski definition) is 2. The fourth-order valence-corrected chi connectivity index (χ4v) is 4.89. The SMILES string of the molecule is COc1ccc(CNC(=O)N2[C@H]3CN([C@H](C)c4ccccc4)C(=O)[C@H](CC(=O)O)N3C(=O)CN2C)cc1. The van der Waals surface area contributed by atoms with Crippen molar-refractivity contribution in [2.24, 2.45) is 0 Å². The third kappa shape index (κ3) is 5.36. The molecular weight excluding hydrogens is 478 g/mol. The van der Waals surface area contributed by atoms with E-state index in [0.717, 1.165) is 11.1 Å². The molecule has 2 aliphatic heterocycles. The van der Waals surface area contributed by atoms with Crippen molar-refractivity contribution in [1.29, 1.82) is 0 Å². The number of carboxylic acid groups (broad SMARTS) is 1. The quantitative estimate of drug-likeness (QED) is 0.582. The lowest BCUT2D eigenvalue weighted by Gasteiger charge is -2.55. The van der Waals surface area contributed by atoms with Gasteiger partial charge in [0.15, 0.2) is 0 Å². The Hall–Kier alpha value is -4.12. The maximum Gasteiger partial charge on any atom is 0.334 e. The molecule has 4 rings (SSSR count). The van der Waals surface area contributed by atoms with E-state index in [1.165, 1.54) is 14.9 Å². The lowest BCUT2D eigenvalue weighted by molar-refractivity contribution is -0.190. The minimum Gasteiger partial charge on any atom is -0.497 e. The first-order chi connectivity index (χ1) is 17.7. The molecule has 0 spiro atoms. The number of hydrogen-bond acceptors (Lipinski definition) is 6. The van der Waals surface area contributed by atoms with E-state index < -0.39 is 48.5 Å². The number of carboxylic acids is 1. The Morgan fingerprint density at radius 3 is 2.41 bits per heavy atom. The molecule has 3 atom stereocenters. The molecule has 37 heavy (non-hydrogen) atoms. The van der Waals surface area contributed by atoms with Crippen molar-refractivity contribution in [1.82, 2.24) is 25.1 Å². The Kier molecular flexibility index (Phi) is 7.63. The molecule has 196 valence electrons. The van der Waals surface area contributed by atoms with Crippen LogP contribution in [-0.4, -0.2) is 88.2 Å². The highest BCUT2D eigenvalue weighted by Crippen LogP contribution is 2.32. The summed E-state index contributed by atoms with van der Waals surface area (Å²) in [6, 6.07) is 14.5. The first-order valence-electron chi connectivity index (χ1n) is 12.0. The molecule has 2 aromatic carbocycles. The van der Waals surface area contributed by atoms with Gasteiger partial charge in [0.2, 0.25) is 11.8 Å². The normalized spacial score (nSPS) is 20.9. The average Bonchev–Trinajstić information content (AvgIpc) is 2.88. The molecule has 2 heterocycles. The van der Waals surface area contributed by atoms with Crippen molar-refractivity contribution in [2.45, 2.75) is 38.1 Å². The minimum absolute atomic E-state index is 0.0387. The molecule has 2 saturated heterocycles. The predicted octanol–water partition coefficient (Wildman–Crippen LogP) is 1.67. The average molecular weight is 510 g/mol. The molecule has 0 aromatic heterocycles. The van der Waals surface area contributed by atoms with Gasteiger partial charge in [-0.3, -0.25) is 14.4 Å². The zero-order valence-electron chi connectivity index (χ0n) is 21.0. The molecule has 4 amide bonds. The topological polar surface area (TPSA) is 123 Å². The van der Waals surface area contributed by atoms with E-state index >= 15 is 0 Å². The second kappa shape index (κ2) is 10.9. The minimum atomic E-state index is -1.22. The van der Waals surface area contributed by atoms with Crippen molar-refractivity contribution in [3.63, 3.8) is 0 Å². The smallest absolute Gasteiger partial charge is 0.334 e. The Morgan fingerprint density at radius 2 is 1.78 bits per heavy atom. The van der Waals surface area contributed by atoms with Crippen molar-refractivity contribution < 1.29 is 29.0 Å². The number of urea groups is 1. The Bertz CT molecular complexity index is 1160. The summed E-state index contributed by atoms with van der Waals surface area (Å²) in [5.74, 6) is -1.36. The fraction of sp³-hybridized carbons (Fsp3) is 0.385. The van der Waals surface area contributed by atoms with Crippen LogP contribution in [0.5, 0.6) is 5.75 Å². The van der Waals surface area contributed by atoms with Gasteiger partial charge in [-0.05, 0) is 30.2 Å². The number of methoxy groups -OCH3 is 1. The Balaban J connectivity index is 1.62. The van der Waals surface area contributed by atoms with E-state index in [4.69, 9.17) is 4.74 Å². The Morgan fingerprint density at radius 1 is 1.11 bits per heavy atom. The molecule has 0 aliphatic carbocycles. The van der Waals surface area contributed by atoms with Crippen LogP contribution in [0.25, 0.3) is 0 Å². The van der Waals surface area contributed by atoms with Crippen molar-refractivity contribution in [3.8, 4) is 5.75 Å². The lowest BCUT2D eigenvalue weighted by Crippen LogP contribution is -2.76. The van der Waals surface area contributed by atoms with Gasteiger partial charge in [0, 0.05) is 13.6 Å². The molecular formula is C26H31N5O6. The number of aliphatic carboxylic acids is 1. The van der Waals surface area contributed by atoms with Crippen LogP contribution < -0.4 is 10.1 Å². The summed E-state index contributed by atoms with van der Waals surface area (Å²) in [5, 5.41) is 15.3. The number of hydrazine groups is 1. The number of amides is 4. The number of benzene rings is 2. The van der Waals surface area contributed by atoms with Crippen LogP contribution in [0.2, 0.25) is 0 Å². The molecule has 0 saturated carbocycles. The van der Waals surface area contributed by atoms with Crippen LogP contribution in [0.1, 0.15) is 30.5 Å². The van der Waals surface area contributed by atoms with Crippen LogP contribution in [0.15, 0.2) is 54.6 Å². The third-order valence-corrected chi connectivity index (χ3v) is 6.82. The standard InChI is InChI=1S/C26H31N5O6/c1-17(19-7-5-4-6-8-19)29-15-22-30(21(25(29)35)13-24(33)34)23(32)16-28(2)31(22)26(36)27-14-18-9-11-20(37-3)12-10-18/h4-12,17,21-22H,13-16H2,1-3H3,(H,27,36)(H,33,34)/t17-,21+,22+/m1/s1. The highest BCUT2D eigenvalue weighted by atomic mass is 16.5. The number of fused-ring (bicyclic) bond motifs is 1. The molecule has 2 aliphatic rings. The number of piperazine rings is 1. The molecule has 0 radical (unpaired) electrons. The first kappa shape index (κ1) is 26.0. The van der Waals surface area contributed by atoms with Crippen molar-refractivity contribution in [2.75, 3.05) is 27.2 Å². The number of carbonyl (C=O) groups excluding carboxylic acids is 3. The van der Waals surface area contributed by atoms with Gasteiger partial charge in [-0.25, -0.2) is 14.8 Å². The van der Waals surface area contributed by atoms with Crippen LogP contribution in [0.3, 0.4) is 0 Å². The Labute approximate surface area is 215 Å². The van der Waals surface area contributed by atoms with E-state index in [9.17, 15) is 24.3 Å². The van der Waals surface area contributed by atoms with E-state index in [-0.39, 0.29) is 19.6 Å². The molecule has 2 fully saturated rings. The zero-order valence-corrected chi connectivity index (χ0v) is 21.0. The maximum absolute atomic E-state index is 13.5. The molecule has 0 bridgehead atoms. The van der Waals surface area contributed by atoms with Gasteiger partial charge >= 0.3 is 12.0 Å². The van der Waals surface area contributed by atoms with Gasteiger partial charge in [-0.1, -0.05) is 42.5 Å². The summed E-state index contributed by atoms with van der Waals surface area (Å²) in [4.78, 5) is 54.5. The number of nitrogens with one attached hydrogen (secondary N) is 1. The number of ether oxygens (including phenoxy) is 1. The van der Waals surface area contributed by atoms with Gasteiger partial charge in [0.05, 0.1) is 32.7 Å². The van der Waals surface area contributed by atoms with Gasteiger partial charge in [-0.15, -0.1) is 0 Å². The third-order valence-electron chi connectivity index (χ3n) is 6.82. The summed E-state index contributed by atoms with van der Waals surface area (Å²) in [6.07, 6.45) is -1.42. The van der Waals surface area contributed by atoms with Crippen LogP contribution in [0, 0.1) is 0 Å². The largest absolute Gasteiger partial charge is 0.497 e. The second-order valence-electron chi connectivity index (χ2n) is 9.14. The summed E-state index contributed by atoms with van der Waals surface area (Å²) >= 11 is 0. The number of rotatable bonds is 7. The lowest BCUT2D eigenvalue weighted by atomic mass is 9.99. The number of nitrogens with zero attached hydrogens (tertiary/aromatic N) is 4.